The molecule has 0 bridgehead atoms. The van der Waals surface area contributed by atoms with Gasteiger partial charge in [0.05, 0.1) is 0 Å². The van der Waals surface area contributed by atoms with Crippen LogP contribution in [0.5, 0.6) is 0 Å². The summed E-state index contributed by atoms with van der Waals surface area (Å²) in [4.78, 5) is 2.55. The van der Waals surface area contributed by atoms with Gasteiger partial charge < -0.3 is 4.90 Å². The summed E-state index contributed by atoms with van der Waals surface area (Å²) in [5, 5.41) is 0. The van der Waals surface area contributed by atoms with Crippen LogP contribution in [-0.2, 0) is 0 Å². The third-order valence-corrected chi connectivity index (χ3v) is 2.48. The summed E-state index contributed by atoms with van der Waals surface area (Å²) in [6.07, 6.45) is 7.18. The Labute approximate surface area is 108 Å². The molecule has 2 heteroatoms. The number of hydrogen-bond donors (Lipinski definition) is 0. The van der Waals surface area contributed by atoms with E-state index in [0.29, 0.717) is 0 Å². The zero-order chi connectivity index (χ0) is 10.8. The van der Waals surface area contributed by atoms with Crippen molar-refractivity contribution in [3.05, 3.63) is 18.6 Å². The van der Waals surface area contributed by atoms with Crippen molar-refractivity contribution in [2.24, 2.45) is 0 Å². The van der Waals surface area contributed by atoms with Crippen LogP contribution in [0.3, 0.4) is 0 Å². The van der Waals surface area contributed by atoms with Gasteiger partial charge in [-0.2, -0.15) is 0 Å². The molecule has 0 fully saturated rings. The van der Waals surface area contributed by atoms with Crippen LogP contribution >= 0.6 is 0 Å². The van der Waals surface area contributed by atoms with Crippen LogP contribution in [-0.4, -0.2) is 24.5 Å². The molecule has 0 aromatic rings. The van der Waals surface area contributed by atoms with E-state index in [0.717, 1.165) is 6.54 Å². The van der Waals surface area contributed by atoms with E-state index in [-0.39, 0.29) is 18.9 Å². The summed E-state index contributed by atoms with van der Waals surface area (Å²) in [7, 11) is 0. The van der Waals surface area contributed by atoms with Gasteiger partial charge in [0, 0.05) is 0 Å². The maximum absolute atomic E-state index is 3.81. The quantitative estimate of drug-likeness (QED) is 0.414. The van der Waals surface area contributed by atoms with E-state index < -0.39 is 0 Å². The molecular weight excluding hydrogens is 177 g/mol. The third-order valence-electron chi connectivity index (χ3n) is 2.48. The Bertz CT molecular complexity index is 147. The Hall–Kier alpha value is 0.167. The summed E-state index contributed by atoms with van der Waals surface area (Å²) < 4.78 is 0. The molecule has 0 atom stereocenters. The van der Waals surface area contributed by atoms with Crippen molar-refractivity contribution in [3.8, 4) is 0 Å². The van der Waals surface area contributed by atoms with Gasteiger partial charge in [0.25, 0.3) is 0 Å². The third kappa shape index (κ3) is 10.4. The largest absolute Gasteiger partial charge is 1.00 e. The van der Waals surface area contributed by atoms with E-state index in [1.807, 2.05) is 6.08 Å². The zero-order valence-electron chi connectivity index (χ0n) is 11.2. The van der Waals surface area contributed by atoms with Gasteiger partial charge in [-0.3, -0.25) is 0 Å². The standard InChI is InChI=1S/C13H26N.Li/c1-5-8-10-14(11-9-6-2)12-13(4)7-3;/h7H,3,5-6,8-12H2,1-2,4H3;/q-1;+1. The molecular formula is C13H26LiN. The minimum absolute atomic E-state index is 0. The molecule has 0 spiro atoms. The van der Waals surface area contributed by atoms with E-state index in [2.05, 4.69) is 32.6 Å². The molecule has 0 aromatic carbocycles. The predicted octanol–water partition coefficient (Wildman–Crippen LogP) is 0.673. The first-order valence-electron chi connectivity index (χ1n) is 5.91. The average Bonchev–Trinajstić information content (AvgIpc) is 2.21. The number of rotatable bonds is 8. The second-order valence-electron chi connectivity index (χ2n) is 4.03. The van der Waals surface area contributed by atoms with Crippen molar-refractivity contribution in [2.75, 3.05) is 19.6 Å². The topological polar surface area (TPSA) is 3.24 Å². The van der Waals surface area contributed by atoms with Crippen molar-refractivity contribution < 1.29 is 18.9 Å². The molecule has 0 saturated heterocycles. The Kier molecular flexibility index (Phi) is 14.3. The van der Waals surface area contributed by atoms with Crippen molar-refractivity contribution in [1.29, 1.82) is 0 Å². The molecule has 0 N–H and O–H groups in total. The van der Waals surface area contributed by atoms with Gasteiger partial charge in [-0.15, -0.1) is 6.92 Å². The first-order chi connectivity index (χ1) is 6.74. The number of unbranched alkanes of at least 4 members (excludes halogenated alkanes) is 2. The molecule has 84 valence electrons. The molecule has 0 aliphatic rings. The molecule has 15 heavy (non-hydrogen) atoms. The SMILES string of the molecule is [CH2-]C=C(C)CN(CCCC)CCCC.[Li+]. The Balaban J connectivity index is 0. The smallest absolute Gasteiger partial charge is 0.316 e. The Morgan fingerprint density at radius 1 is 1.13 bits per heavy atom. The van der Waals surface area contributed by atoms with Crippen LogP contribution < -0.4 is 18.9 Å². The van der Waals surface area contributed by atoms with E-state index in [9.17, 15) is 0 Å². The molecule has 0 rings (SSSR count). The van der Waals surface area contributed by atoms with E-state index in [4.69, 9.17) is 0 Å². The molecule has 0 aliphatic carbocycles. The fourth-order valence-corrected chi connectivity index (χ4v) is 1.45. The maximum atomic E-state index is 3.81. The van der Waals surface area contributed by atoms with E-state index in [1.165, 1.54) is 44.3 Å². The molecule has 0 aliphatic heterocycles. The van der Waals surface area contributed by atoms with Crippen LogP contribution in [0, 0.1) is 6.92 Å². The zero-order valence-corrected chi connectivity index (χ0v) is 11.2. The number of hydrogen-bond acceptors (Lipinski definition) is 1. The molecule has 0 aromatic heterocycles. The van der Waals surface area contributed by atoms with Gasteiger partial charge >= 0.3 is 18.9 Å². The van der Waals surface area contributed by atoms with Gasteiger partial charge in [-0.25, -0.2) is 18.6 Å². The van der Waals surface area contributed by atoms with Crippen molar-refractivity contribution in [1.82, 2.24) is 4.90 Å². The summed E-state index contributed by atoms with van der Waals surface area (Å²) in [5.74, 6) is 0. The minimum atomic E-state index is 0. The number of allylic oxidation sites excluding steroid dienone is 1. The van der Waals surface area contributed by atoms with Gasteiger partial charge in [-0.05, 0) is 32.5 Å². The van der Waals surface area contributed by atoms with Gasteiger partial charge in [0.2, 0.25) is 0 Å². The summed E-state index contributed by atoms with van der Waals surface area (Å²) in [6, 6.07) is 0. The first-order valence-corrected chi connectivity index (χ1v) is 5.91. The molecule has 0 saturated carbocycles. The normalized spacial score (nSPS) is 11.6. The number of nitrogens with zero attached hydrogens (tertiary/aromatic N) is 1. The fraction of sp³-hybridized carbons (Fsp3) is 0.769. The van der Waals surface area contributed by atoms with Crippen LogP contribution in [0.2, 0.25) is 0 Å². The van der Waals surface area contributed by atoms with Crippen LogP contribution in [0.1, 0.15) is 46.5 Å². The Morgan fingerprint density at radius 3 is 1.93 bits per heavy atom. The van der Waals surface area contributed by atoms with E-state index in [1.54, 1.807) is 0 Å². The molecule has 0 radical (unpaired) electrons. The Morgan fingerprint density at radius 2 is 1.60 bits per heavy atom. The van der Waals surface area contributed by atoms with Gasteiger partial charge in [0.15, 0.2) is 0 Å². The summed E-state index contributed by atoms with van der Waals surface area (Å²) in [5.41, 5.74) is 1.39. The molecule has 1 nitrogen and oxygen atoms in total. The summed E-state index contributed by atoms with van der Waals surface area (Å²) in [6.45, 7) is 14.1. The van der Waals surface area contributed by atoms with Crippen LogP contribution in [0.25, 0.3) is 0 Å². The van der Waals surface area contributed by atoms with Gasteiger partial charge in [-0.1, -0.05) is 26.7 Å². The average molecular weight is 203 g/mol. The van der Waals surface area contributed by atoms with Crippen molar-refractivity contribution in [3.63, 3.8) is 0 Å². The van der Waals surface area contributed by atoms with Crippen molar-refractivity contribution in [2.45, 2.75) is 46.5 Å². The monoisotopic (exact) mass is 203 g/mol. The van der Waals surface area contributed by atoms with E-state index >= 15 is 0 Å². The van der Waals surface area contributed by atoms with Crippen LogP contribution in [0.4, 0.5) is 0 Å². The minimum Gasteiger partial charge on any atom is -0.316 e. The second kappa shape index (κ2) is 12.2. The molecule has 0 amide bonds. The fourth-order valence-electron chi connectivity index (χ4n) is 1.45. The first kappa shape index (κ1) is 17.6. The predicted molar refractivity (Wildman–Crippen MR) is 65.4 cm³/mol. The molecule has 0 unspecified atom stereocenters. The van der Waals surface area contributed by atoms with Crippen LogP contribution in [0.15, 0.2) is 11.6 Å². The second-order valence-corrected chi connectivity index (χ2v) is 4.03. The maximum Gasteiger partial charge on any atom is 1.00 e. The molecule has 0 heterocycles. The van der Waals surface area contributed by atoms with Gasteiger partial charge in [0.1, 0.15) is 0 Å². The summed E-state index contributed by atoms with van der Waals surface area (Å²) >= 11 is 0. The van der Waals surface area contributed by atoms with Crippen molar-refractivity contribution >= 4 is 0 Å².